The summed E-state index contributed by atoms with van der Waals surface area (Å²) in [6, 6.07) is 50.5. The highest BCUT2D eigenvalue weighted by molar-refractivity contribution is 6.98. The van der Waals surface area contributed by atoms with Crippen molar-refractivity contribution in [1.82, 2.24) is 0 Å². The lowest BCUT2D eigenvalue weighted by atomic mass is 9.35. The van der Waals surface area contributed by atoms with Crippen LogP contribution < -0.4 is 30.8 Å². The van der Waals surface area contributed by atoms with E-state index in [2.05, 4.69) is 120 Å². The molecule has 1 aromatic heterocycles. The molecule has 0 fully saturated rings. The van der Waals surface area contributed by atoms with Gasteiger partial charge < -0.3 is 18.8 Å². The summed E-state index contributed by atoms with van der Waals surface area (Å²) in [5.41, 5.74) is 8.00. The van der Waals surface area contributed by atoms with Crippen LogP contribution in [0.4, 0.5) is 17.1 Å². The summed E-state index contributed by atoms with van der Waals surface area (Å²) >= 11 is 0. The molecule has 0 spiro atoms. The van der Waals surface area contributed by atoms with E-state index >= 15 is 0 Å². The van der Waals surface area contributed by atoms with Crippen molar-refractivity contribution >= 4 is 72.9 Å². The molecule has 0 radical (unpaired) electrons. The number of furan rings is 1. The summed E-state index contributed by atoms with van der Waals surface area (Å²) in [7, 11) is 0. The van der Waals surface area contributed by atoms with E-state index in [1.54, 1.807) is 0 Å². The molecule has 0 saturated carbocycles. The van der Waals surface area contributed by atoms with E-state index in [0.717, 1.165) is 89.2 Å². The molecule has 0 N–H and O–H groups in total. The summed E-state index contributed by atoms with van der Waals surface area (Å²) < 4.78 is 20.2. The molecule has 4 nitrogen and oxygen atoms in total. The number of nitrogens with zero attached hydrogens (tertiary/aromatic N) is 1. The maximum absolute atomic E-state index is 6.89. The van der Waals surface area contributed by atoms with Gasteiger partial charge in [-0.25, -0.2) is 0 Å². The lowest BCUT2D eigenvalue weighted by molar-refractivity contribution is 0.462. The summed E-state index contributed by atoms with van der Waals surface area (Å²) in [5, 5.41) is 4.26. The van der Waals surface area contributed by atoms with Crippen molar-refractivity contribution in [2.45, 2.75) is 0 Å². The largest absolute Gasteiger partial charge is 0.458 e. The van der Waals surface area contributed by atoms with E-state index in [4.69, 9.17) is 13.9 Å². The molecular formula is C40H24BNO3. The standard InChI is InChI=1S/C40H24BNO3/c1-3-13-25(14-4-1)42(26-15-5-2-6-16-26)32-24-35-37(28-18-8-7-17-27(28)32)29-23-36-38-40(39(29)45-35)44-34-22-12-10-20-31(34)41(38)30-19-9-11-21-33(30)43-36/h1-24H. The third-order valence-corrected chi connectivity index (χ3v) is 9.15. The van der Waals surface area contributed by atoms with Gasteiger partial charge in [-0.3, -0.25) is 0 Å². The van der Waals surface area contributed by atoms with E-state index in [1.165, 1.54) is 0 Å². The van der Waals surface area contributed by atoms with Gasteiger partial charge in [-0.1, -0.05) is 97.1 Å². The quantitative estimate of drug-likeness (QED) is 0.197. The second-order valence-electron chi connectivity index (χ2n) is 11.6. The van der Waals surface area contributed by atoms with E-state index in [9.17, 15) is 0 Å². The Morgan fingerprint density at radius 2 is 1.07 bits per heavy atom. The molecule has 3 heterocycles. The minimum Gasteiger partial charge on any atom is -0.458 e. The first-order valence-corrected chi connectivity index (χ1v) is 15.2. The molecule has 45 heavy (non-hydrogen) atoms. The second-order valence-corrected chi connectivity index (χ2v) is 11.6. The number of anilines is 3. The molecule has 0 unspecified atom stereocenters. The molecule has 2 aliphatic heterocycles. The van der Waals surface area contributed by atoms with Crippen LogP contribution in [-0.2, 0) is 0 Å². The smallest absolute Gasteiger partial charge is 0.260 e. The SMILES string of the molecule is c1ccc(N(c2ccccc2)c2cc3oc4c5c6c(cc4c3c3ccccc23)Oc2ccccc2B6c2ccccc2O5)cc1. The van der Waals surface area contributed by atoms with Gasteiger partial charge in [0.1, 0.15) is 22.8 Å². The number of benzene rings is 7. The van der Waals surface area contributed by atoms with Crippen molar-refractivity contribution in [3.8, 4) is 23.0 Å². The van der Waals surface area contributed by atoms with Gasteiger partial charge in [0.2, 0.25) is 0 Å². The maximum atomic E-state index is 6.89. The van der Waals surface area contributed by atoms with E-state index in [1.807, 2.05) is 30.3 Å². The van der Waals surface area contributed by atoms with Gasteiger partial charge in [0.05, 0.1) is 5.69 Å². The van der Waals surface area contributed by atoms with Crippen molar-refractivity contribution in [3.63, 3.8) is 0 Å². The average Bonchev–Trinajstić information content (AvgIpc) is 3.48. The van der Waals surface area contributed by atoms with Crippen LogP contribution in [0.3, 0.4) is 0 Å². The fourth-order valence-corrected chi connectivity index (χ4v) is 7.27. The topological polar surface area (TPSA) is 34.8 Å². The Morgan fingerprint density at radius 3 is 1.76 bits per heavy atom. The molecule has 10 rings (SSSR count). The molecule has 2 aliphatic rings. The van der Waals surface area contributed by atoms with Crippen LogP contribution >= 0.6 is 0 Å². The third kappa shape index (κ3) is 3.49. The molecule has 8 aromatic rings. The fourth-order valence-electron chi connectivity index (χ4n) is 7.27. The van der Waals surface area contributed by atoms with Gasteiger partial charge in [-0.2, -0.15) is 0 Å². The number of rotatable bonds is 3. The predicted molar refractivity (Wildman–Crippen MR) is 184 cm³/mol. The van der Waals surface area contributed by atoms with E-state index in [-0.39, 0.29) is 6.71 Å². The minimum absolute atomic E-state index is 0.0125. The van der Waals surface area contributed by atoms with Gasteiger partial charge in [-0.15, -0.1) is 0 Å². The van der Waals surface area contributed by atoms with Crippen LogP contribution in [0.1, 0.15) is 0 Å². The molecule has 210 valence electrons. The van der Waals surface area contributed by atoms with Gasteiger partial charge >= 0.3 is 0 Å². The second kappa shape index (κ2) is 9.28. The zero-order chi connectivity index (χ0) is 29.5. The van der Waals surface area contributed by atoms with Crippen LogP contribution in [0.25, 0.3) is 32.7 Å². The van der Waals surface area contributed by atoms with Gasteiger partial charge in [0, 0.05) is 39.1 Å². The van der Waals surface area contributed by atoms with Crippen LogP contribution in [0.15, 0.2) is 150 Å². The van der Waals surface area contributed by atoms with Gasteiger partial charge in [0.15, 0.2) is 11.3 Å². The van der Waals surface area contributed by atoms with Crippen molar-refractivity contribution in [1.29, 1.82) is 0 Å². The van der Waals surface area contributed by atoms with Crippen LogP contribution in [0.2, 0.25) is 0 Å². The molecule has 7 aromatic carbocycles. The van der Waals surface area contributed by atoms with Crippen molar-refractivity contribution in [3.05, 3.63) is 146 Å². The van der Waals surface area contributed by atoms with Crippen molar-refractivity contribution < 1.29 is 13.9 Å². The number of hydrogen-bond donors (Lipinski definition) is 0. The Balaban J connectivity index is 1.30. The Kier molecular flexibility index (Phi) is 5.05. The Hall–Kier alpha value is -5.94. The van der Waals surface area contributed by atoms with Crippen molar-refractivity contribution in [2.75, 3.05) is 4.90 Å². The monoisotopic (exact) mass is 577 g/mol. The van der Waals surface area contributed by atoms with E-state index < -0.39 is 0 Å². The minimum atomic E-state index is -0.0125. The summed E-state index contributed by atoms with van der Waals surface area (Å²) in [6.45, 7) is -0.0125. The number of ether oxygens (including phenoxy) is 2. The lowest BCUT2D eigenvalue weighted by Crippen LogP contribution is -2.57. The molecule has 5 heteroatoms. The predicted octanol–water partition coefficient (Wildman–Crippen LogP) is 8.94. The fraction of sp³-hybridized carbons (Fsp3) is 0. The van der Waals surface area contributed by atoms with Crippen molar-refractivity contribution in [2.24, 2.45) is 0 Å². The Bertz CT molecular complexity index is 2400. The first kappa shape index (κ1) is 24.5. The lowest BCUT2D eigenvalue weighted by Gasteiger charge is -2.32. The number of hydrogen-bond acceptors (Lipinski definition) is 4. The molecule has 0 aliphatic carbocycles. The summed E-state index contributed by atoms with van der Waals surface area (Å²) in [5.74, 6) is 3.25. The average molecular weight is 577 g/mol. The molecule has 0 amide bonds. The zero-order valence-electron chi connectivity index (χ0n) is 24.1. The molecule has 0 bridgehead atoms. The molecule has 0 saturated heterocycles. The summed E-state index contributed by atoms with van der Waals surface area (Å²) in [6.07, 6.45) is 0. The zero-order valence-corrected chi connectivity index (χ0v) is 24.1. The first-order chi connectivity index (χ1) is 22.3. The van der Waals surface area contributed by atoms with Crippen LogP contribution in [0, 0.1) is 0 Å². The Morgan fingerprint density at radius 1 is 0.489 bits per heavy atom. The first-order valence-electron chi connectivity index (χ1n) is 15.2. The molecule has 0 atom stereocenters. The van der Waals surface area contributed by atoms with Crippen LogP contribution in [-0.4, -0.2) is 6.71 Å². The highest BCUT2D eigenvalue weighted by atomic mass is 16.5. The Labute approximate surface area is 259 Å². The third-order valence-electron chi connectivity index (χ3n) is 9.15. The highest BCUT2D eigenvalue weighted by Crippen LogP contribution is 2.48. The molecular weight excluding hydrogens is 553 g/mol. The maximum Gasteiger partial charge on any atom is 0.260 e. The van der Waals surface area contributed by atoms with Gasteiger partial charge in [-0.05, 0) is 58.8 Å². The van der Waals surface area contributed by atoms with Gasteiger partial charge in [0.25, 0.3) is 6.71 Å². The normalized spacial score (nSPS) is 12.8. The highest BCUT2D eigenvalue weighted by Gasteiger charge is 2.42. The van der Waals surface area contributed by atoms with Crippen LogP contribution in [0.5, 0.6) is 23.0 Å². The number of para-hydroxylation sites is 4. The summed E-state index contributed by atoms with van der Waals surface area (Å²) in [4.78, 5) is 2.30. The number of fused-ring (bicyclic) bond motifs is 10. The van der Waals surface area contributed by atoms with E-state index in [0.29, 0.717) is 0 Å².